The van der Waals surface area contributed by atoms with Crippen LogP contribution in [-0.2, 0) is 4.79 Å². The summed E-state index contributed by atoms with van der Waals surface area (Å²) in [5.41, 5.74) is 0. The van der Waals surface area contributed by atoms with Gasteiger partial charge in [0.2, 0.25) is 0 Å². The molecule has 0 amide bonds. The molecule has 0 aromatic rings. The van der Waals surface area contributed by atoms with Crippen LogP contribution in [0.4, 0.5) is 0 Å². The van der Waals surface area contributed by atoms with Gasteiger partial charge < -0.3 is 20.4 Å². The molecule has 4 N–H and O–H groups in total. The first kappa shape index (κ1) is 22.1. The zero-order valence-electron chi connectivity index (χ0n) is 14.2. The first-order chi connectivity index (χ1) is 11.1. The van der Waals surface area contributed by atoms with Crippen LogP contribution in [0.25, 0.3) is 0 Å². The number of rotatable bonds is 16. The third kappa shape index (κ3) is 15.8. The first-order valence-electron chi connectivity index (χ1n) is 8.96. The molecule has 0 aliphatic carbocycles. The summed E-state index contributed by atoms with van der Waals surface area (Å²) in [5.74, 6) is -1.12. The van der Waals surface area contributed by atoms with Crippen LogP contribution in [0.5, 0.6) is 0 Å². The van der Waals surface area contributed by atoms with E-state index in [0.29, 0.717) is 13.0 Å². The number of carboxylic acids is 1. The van der Waals surface area contributed by atoms with Gasteiger partial charge in [0, 0.05) is 12.7 Å². The Hall–Kier alpha value is -0.910. The average molecular weight is 330 g/mol. The highest BCUT2D eigenvalue weighted by molar-refractivity contribution is 5.79. The van der Waals surface area contributed by atoms with E-state index >= 15 is 0 Å². The number of carboxylic acid groups (broad SMARTS) is 1. The lowest BCUT2D eigenvalue weighted by molar-refractivity contribution is -0.131. The number of hydrogen-bond donors (Lipinski definition) is 4. The minimum Gasteiger partial charge on any atom is -0.478 e. The summed E-state index contributed by atoms with van der Waals surface area (Å²) < 4.78 is 0. The van der Waals surface area contributed by atoms with Gasteiger partial charge in [0.25, 0.3) is 0 Å². The van der Waals surface area contributed by atoms with Gasteiger partial charge in [0.15, 0.2) is 0 Å². The van der Waals surface area contributed by atoms with E-state index in [1.165, 1.54) is 38.5 Å². The average Bonchev–Trinajstić information content (AvgIpc) is 2.53. The number of aliphatic hydroxyl groups excluding tert-OH is 3. The molecule has 0 aliphatic heterocycles. The van der Waals surface area contributed by atoms with Crippen molar-refractivity contribution in [3.8, 4) is 0 Å². The van der Waals surface area contributed by atoms with E-state index in [1.807, 2.05) is 0 Å². The Labute approximate surface area is 140 Å². The lowest BCUT2D eigenvalue weighted by Gasteiger charge is -2.13. The van der Waals surface area contributed by atoms with Crippen molar-refractivity contribution in [2.75, 3.05) is 6.61 Å². The zero-order chi connectivity index (χ0) is 17.3. The molecule has 0 saturated heterocycles. The van der Waals surface area contributed by atoms with Crippen LogP contribution in [0.3, 0.4) is 0 Å². The van der Waals surface area contributed by atoms with Crippen LogP contribution >= 0.6 is 0 Å². The van der Waals surface area contributed by atoms with Gasteiger partial charge in [-0.25, -0.2) is 4.79 Å². The number of unbranched alkanes of at least 4 members (excludes halogenated alkanes) is 10. The van der Waals surface area contributed by atoms with E-state index in [9.17, 15) is 15.0 Å². The second kappa shape index (κ2) is 16.0. The van der Waals surface area contributed by atoms with E-state index in [-0.39, 0.29) is 0 Å². The fourth-order valence-corrected chi connectivity index (χ4v) is 2.54. The Morgan fingerprint density at radius 1 is 0.783 bits per heavy atom. The molecule has 0 aromatic heterocycles. The fourth-order valence-electron chi connectivity index (χ4n) is 2.54. The van der Waals surface area contributed by atoms with Crippen molar-refractivity contribution in [3.63, 3.8) is 0 Å². The summed E-state index contributed by atoms with van der Waals surface area (Å²) >= 11 is 0. The zero-order valence-corrected chi connectivity index (χ0v) is 14.2. The van der Waals surface area contributed by atoms with Crippen LogP contribution < -0.4 is 0 Å². The van der Waals surface area contributed by atoms with Crippen molar-refractivity contribution in [1.82, 2.24) is 0 Å². The summed E-state index contributed by atoms with van der Waals surface area (Å²) in [5, 5.41) is 36.3. The number of hydrogen-bond acceptors (Lipinski definition) is 4. The Balaban J connectivity index is 3.34. The smallest absolute Gasteiger partial charge is 0.328 e. The summed E-state index contributed by atoms with van der Waals surface area (Å²) in [6, 6.07) is 0. The van der Waals surface area contributed by atoms with Crippen LogP contribution in [0.15, 0.2) is 12.2 Å². The van der Waals surface area contributed by atoms with Crippen LogP contribution in [0.2, 0.25) is 0 Å². The molecule has 2 atom stereocenters. The minimum absolute atomic E-state index is 0.307. The Morgan fingerprint density at radius 2 is 1.22 bits per heavy atom. The molecule has 0 fully saturated rings. The number of aliphatic carboxylic acids is 1. The third-order valence-corrected chi connectivity index (χ3v) is 3.99. The standard InChI is InChI=1S/C18H34O5/c19-15-11-9-7-5-3-1-2-4-6-8-10-12-16(20)17(21)13-14-18(22)23/h13-14,16-17,19-21H,1-12,15H2,(H,22,23). The summed E-state index contributed by atoms with van der Waals surface area (Å²) in [6.07, 6.45) is 13.0. The van der Waals surface area contributed by atoms with Crippen molar-refractivity contribution in [3.05, 3.63) is 12.2 Å². The molecule has 0 rings (SSSR count). The molecular weight excluding hydrogens is 296 g/mol. The van der Waals surface area contributed by atoms with E-state index in [2.05, 4.69) is 0 Å². The van der Waals surface area contributed by atoms with Crippen LogP contribution in [-0.4, -0.2) is 45.2 Å². The van der Waals surface area contributed by atoms with Crippen molar-refractivity contribution in [2.45, 2.75) is 89.3 Å². The molecule has 0 radical (unpaired) electrons. The topological polar surface area (TPSA) is 98.0 Å². The highest BCUT2D eigenvalue weighted by Gasteiger charge is 2.12. The Kier molecular flexibility index (Phi) is 15.3. The van der Waals surface area contributed by atoms with Gasteiger partial charge in [-0.15, -0.1) is 0 Å². The normalized spacial score (nSPS) is 14.2. The molecule has 5 nitrogen and oxygen atoms in total. The molecule has 0 saturated carbocycles. The van der Waals surface area contributed by atoms with Crippen LogP contribution in [0.1, 0.15) is 77.0 Å². The van der Waals surface area contributed by atoms with E-state index in [0.717, 1.165) is 44.3 Å². The second-order valence-electron chi connectivity index (χ2n) is 6.16. The quantitative estimate of drug-likeness (QED) is 0.258. The molecule has 5 heteroatoms. The summed E-state index contributed by atoms with van der Waals surface area (Å²) in [6.45, 7) is 0.307. The maximum atomic E-state index is 10.3. The number of carbonyl (C=O) groups is 1. The lowest BCUT2D eigenvalue weighted by Crippen LogP contribution is -2.23. The van der Waals surface area contributed by atoms with Crippen molar-refractivity contribution >= 4 is 5.97 Å². The highest BCUT2D eigenvalue weighted by Crippen LogP contribution is 2.13. The van der Waals surface area contributed by atoms with E-state index < -0.39 is 18.2 Å². The maximum Gasteiger partial charge on any atom is 0.328 e. The van der Waals surface area contributed by atoms with Crippen molar-refractivity contribution in [1.29, 1.82) is 0 Å². The van der Waals surface area contributed by atoms with Gasteiger partial charge in [-0.1, -0.05) is 64.2 Å². The predicted molar refractivity (Wildman–Crippen MR) is 91.3 cm³/mol. The van der Waals surface area contributed by atoms with Gasteiger partial charge in [-0.2, -0.15) is 0 Å². The van der Waals surface area contributed by atoms with E-state index in [4.69, 9.17) is 10.2 Å². The molecule has 2 unspecified atom stereocenters. The number of aliphatic hydroxyl groups is 3. The molecule has 23 heavy (non-hydrogen) atoms. The minimum atomic E-state index is -1.12. The van der Waals surface area contributed by atoms with Gasteiger partial charge >= 0.3 is 5.97 Å². The molecule has 0 spiro atoms. The first-order valence-corrected chi connectivity index (χ1v) is 8.96. The van der Waals surface area contributed by atoms with Gasteiger partial charge in [-0.3, -0.25) is 0 Å². The van der Waals surface area contributed by atoms with Gasteiger partial charge in [-0.05, 0) is 18.9 Å². The molecule has 0 heterocycles. The fraction of sp³-hybridized carbons (Fsp3) is 0.833. The Bertz CT molecular complexity index is 304. The summed E-state index contributed by atoms with van der Waals surface area (Å²) in [4.78, 5) is 10.3. The lowest BCUT2D eigenvalue weighted by atomic mass is 10.0. The summed E-state index contributed by atoms with van der Waals surface area (Å²) in [7, 11) is 0. The van der Waals surface area contributed by atoms with Gasteiger partial charge in [0.1, 0.15) is 0 Å². The molecule has 0 aromatic carbocycles. The van der Waals surface area contributed by atoms with Crippen molar-refractivity contribution < 1.29 is 25.2 Å². The molecule has 136 valence electrons. The predicted octanol–water partition coefficient (Wildman–Crippen LogP) is 3.02. The van der Waals surface area contributed by atoms with Crippen LogP contribution in [0, 0.1) is 0 Å². The Morgan fingerprint density at radius 3 is 1.65 bits per heavy atom. The molecule has 0 aliphatic rings. The molecular formula is C18H34O5. The third-order valence-electron chi connectivity index (χ3n) is 3.99. The maximum absolute atomic E-state index is 10.3. The second-order valence-corrected chi connectivity index (χ2v) is 6.16. The largest absolute Gasteiger partial charge is 0.478 e. The van der Waals surface area contributed by atoms with Gasteiger partial charge in [0.05, 0.1) is 12.2 Å². The van der Waals surface area contributed by atoms with Crippen molar-refractivity contribution in [2.24, 2.45) is 0 Å². The monoisotopic (exact) mass is 330 g/mol. The highest BCUT2D eigenvalue weighted by atomic mass is 16.4. The van der Waals surface area contributed by atoms with E-state index in [1.54, 1.807) is 0 Å². The SMILES string of the molecule is O=C(O)C=CC(O)C(O)CCCCCCCCCCCCCO. The molecule has 0 bridgehead atoms.